The van der Waals surface area contributed by atoms with Crippen molar-refractivity contribution in [3.63, 3.8) is 0 Å². The molecule has 0 rings (SSSR count). The zero-order valence-corrected chi connectivity index (χ0v) is 13.4. The lowest BCUT2D eigenvalue weighted by Crippen LogP contribution is -2.08. The molecule has 0 amide bonds. The van der Waals surface area contributed by atoms with E-state index in [2.05, 4.69) is 31.8 Å². The molecule has 98 valence electrons. The van der Waals surface area contributed by atoms with Gasteiger partial charge in [-0.3, -0.25) is 0 Å². The van der Waals surface area contributed by atoms with E-state index in [-0.39, 0.29) is 0 Å². The van der Waals surface area contributed by atoms with Gasteiger partial charge in [0.1, 0.15) is 0 Å². The van der Waals surface area contributed by atoms with E-state index in [0.29, 0.717) is 0 Å². The average molecular weight is 263 g/mol. The van der Waals surface area contributed by atoms with Crippen LogP contribution in [0.15, 0.2) is 0 Å². The molecule has 0 bridgehead atoms. The number of hydrogen-bond acceptors (Lipinski definition) is 2. The van der Waals surface area contributed by atoms with E-state index in [0.717, 1.165) is 6.61 Å². The molecule has 16 heavy (non-hydrogen) atoms. The van der Waals surface area contributed by atoms with E-state index < -0.39 is 9.04 Å². The van der Waals surface area contributed by atoms with Crippen LogP contribution < -0.4 is 0 Å². The second-order valence-corrected chi connectivity index (χ2v) is 8.31. The second kappa shape index (κ2) is 13.6. The minimum Gasteiger partial charge on any atom is -0.421 e. The van der Waals surface area contributed by atoms with Crippen LogP contribution in [0, 0.1) is 0 Å². The number of hydrogen-bond donors (Lipinski definition) is 0. The third kappa shape index (κ3) is 14.5. The molecule has 0 aliphatic rings. The Morgan fingerprint density at radius 2 is 1.50 bits per heavy atom. The highest BCUT2D eigenvalue weighted by Gasteiger charge is 1.95. The van der Waals surface area contributed by atoms with Gasteiger partial charge in [0, 0.05) is 6.61 Å². The molecule has 0 saturated heterocycles. The molecule has 1 nitrogen and oxygen atoms in total. The van der Waals surface area contributed by atoms with Crippen LogP contribution in [0.1, 0.15) is 51.9 Å². The van der Waals surface area contributed by atoms with Gasteiger partial charge in [-0.15, -0.1) is 0 Å². The molecule has 0 aliphatic carbocycles. The van der Waals surface area contributed by atoms with E-state index in [1.165, 1.54) is 56.5 Å². The van der Waals surface area contributed by atoms with E-state index in [1.807, 2.05) is 0 Å². The second-order valence-electron chi connectivity index (χ2n) is 4.65. The fraction of sp³-hybridized carbons (Fsp3) is 1.00. The molecule has 0 saturated carbocycles. The molecule has 3 heteroatoms. The summed E-state index contributed by atoms with van der Waals surface area (Å²) in [5, 5.41) is 0. The van der Waals surface area contributed by atoms with Gasteiger partial charge in [-0.1, -0.05) is 32.6 Å². The lowest BCUT2D eigenvalue weighted by Gasteiger charge is -2.06. The predicted octanol–water partition coefficient (Wildman–Crippen LogP) is 4.47. The third-order valence-corrected chi connectivity index (χ3v) is 4.58. The quantitative estimate of drug-likeness (QED) is 0.379. The first-order valence-corrected chi connectivity index (χ1v) is 10.9. The standard InChI is InChI=1S/C13H30OSSi/c1-4-5-6-7-9-12-15-13-10-8-11-14-16(2)3/h16H,4-13H2,1-3H3. The van der Waals surface area contributed by atoms with Crippen molar-refractivity contribution < 1.29 is 4.43 Å². The number of unbranched alkanes of at least 4 members (excludes halogenated alkanes) is 5. The van der Waals surface area contributed by atoms with Crippen molar-refractivity contribution in [1.82, 2.24) is 0 Å². The molecule has 0 aliphatic heterocycles. The lowest BCUT2D eigenvalue weighted by molar-refractivity contribution is 0.318. The van der Waals surface area contributed by atoms with Gasteiger partial charge in [0.15, 0.2) is 9.04 Å². The minimum absolute atomic E-state index is 0.759. The summed E-state index contributed by atoms with van der Waals surface area (Å²) >= 11 is 2.13. The van der Waals surface area contributed by atoms with Gasteiger partial charge in [0.2, 0.25) is 0 Å². The molecule has 0 spiro atoms. The fourth-order valence-electron chi connectivity index (χ4n) is 1.53. The molecule has 0 N–H and O–H groups in total. The normalized spacial score (nSPS) is 11.2. The molecule has 0 atom stereocenters. The van der Waals surface area contributed by atoms with Crippen molar-refractivity contribution in [1.29, 1.82) is 0 Å². The SMILES string of the molecule is CCCCCCCSCCCCO[SiH](C)C. The molecule has 0 aromatic carbocycles. The summed E-state index contributed by atoms with van der Waals surface area (Å²) in [5.74, 6) is 2.69. The van der Waals surface area contributed by atoms with Crippen molar-refractivity contribution in [2.24, 2.45) is 0 Å². The molecular formula is C13H30OSSi. The van der Waals surface area contributed by atoms with Gasteiger partial charge < -0.3 is 4.43 Å². The van der Waals surface area contributed by atoms with E-state index in [1.54, 1.807) is 0 Å². The predicted molar refractivity (Wildman–Crippen MR) is 80.1 cm³/mol. The first-order valence-electron chi connectivity index (χ1n) is 6.96. The fourth-order valence-corrected chi connectivity index (χ4v) is 3.19. The molecule has 0 aromatic rings. The highest BCUT2D eigenvalue weighted by atomic mass is 32.2. The van der Waals surface area contributed by atoms with Gasteiger partial charge in [-0.05, 0) is 43.9 Å². The van der Waals surface area contributed by atoms with Gasteiger partial charge in [0.25, 0.3) is 0 Å². The van der Waals surface area contributed by atoms with Crippen LogP contribution in [-0.2, 0) is 4.43 Å². The Morgan fingerprint density at radius 1 is 0.875 bits per heavy atom. The Hall–Kier alpha value is 0.527. The summed E-state index contributed by atoms with van der Waals surface area (Å²) < 4.78 is 5.64. The molecule has 0 unspecified atom stereocenters. The first-order chi connectivity index (χ1) is 7.77. The van der Waals surface area contributed by atoms with Crippen LogP contribution in [0.25, 0.3) is 0 Å². The van der Waals surface area contributed by atoms with E-state index in [4.69, 9.17) is 4.43 Å². The van der Waals surface area contributed by atoms with Crippen molar-refractivity contribution in [3.05, 3.63) is 0 Å². The number of rotatable bonds is 12. The van der Waals surface area contributed by atoms with Crippen molar-refractivity contribution in [3.8, 4) is 0 Å². The van der Waals surface area contributed by atoms with Gasteiger partial charge >= 0.3 is 0 Å². The maximum atomic E-state index is 5.64. The Bertz CT molecular complexity index is 131. The Morgan fingerprint density at radius 3 is 2.12 bits per heavy atom. The highest BCUT2D eigenvalue weighted by molar-refractivity contribution is 7.99. The smallest absolute Gasteiger partial charge is 0.170 e. The summed E-state index contributed by atoms with van der Waals surface area (Å²) in [6, 6.07) is 0. The van der Waals surface area contributed by atoms with Gasteiger partial charge in [-0.25, -0.2) is 0 Å². The van der Waals surface area contributed by atoms with Crippen LogP contribution in [0.3, 0.4) is 0 Å². The first kappa shape index (κ1) is 16.5. The lowest BCUT2D eigenvalue weighted by atomic mass is 10.2. The Balaban J connectivity index is 2.88. The topological polar surface area (TPSA) is 9.23 Å². The summed E-state index contributed by atoms with van der Waals surface area (Å²) in [5.41, 5.74) is 0. The zero-order valence-electron chi connectivity index (χ0n) is 11.5. The van der Waals surface area contributed by atoms with Crippen LogP contribution >= 0.6 is 11.8 Å². The molecule has 0 aromatic heterocycles. The molecule has 0 fully saturated rings. The van der Waals surface area contributed by atoms with Crippen LogP contribution in [0.5, 0.6) is 0 Å². The molecule has 0 heterocycles. The van der Waals surface area contributed by atoms with E-state index in [9.17, 15) is 0 Å². The van der Waals surface area contributed by atoms with Gasteiger partial charge in [0.05, 0.1) is 0 Å². The zero-order chi connectivity index (χ0) is 12.1. The maximum absolute atomic E-state index is 5.64. The minimum atomic E-state index is -0.759. The van der Waals surface area contributed by atoms with Crippen molar-refractivity contribution >= 4 is 20.8 Å². The summed E-state index contributed by atoms with van der Waals surface area (Å²) in [6.07, 6.45) is 9.65. The van der Waals surface area contributed by atoms with E-state index >= 15 is 0 Å². The Labute approximate surface area is 108 Å². The monoisotopic (exact) mass is 262 g/mol. The van der Waals surface area contributed by atoms with Gasteiger partial charge in [-0.2, -0.15) is 11.8 Å². The summed E-state index contributed by atoms with van der Waals surface area (Å²) in [6.45, 7) is 7.76. The van der Waals surface area contributed by atoms with Crippen molar-refractivity contribution in [2.75, 3.05) is 18.1 Å². The highest BCUT2D eigenvalue weighted by Crippen LogP contribution is 2.10. The Kier molecular flexibility index (Phi) is 14.0. The third-order valence-electron chi connectivity index (χ3n) is 2.53. The molecule has 0 radical (unpaired) electrons. The maximum Gasteiger partial charge on any atom is 0.170 e. The van der Waals surface area contributed by atoms with Crippen LogP contribution in [0.2, 0.25) is 13.1 Å². The van der Waals surface area contributed by atoms with Crippen molar-refractivity contribution in [2.45, 2.75) is 65.0 Å². The molecular weight excluding hydrogens is 232 g/mol. The summed E-state index contributed by atoms with van der Waals surface area (Å²) in [4.78, 5) is 0. The largest absolute Gasteiger partial charge is 0.421 e. The number of thioether (sulfide) groups is 1. The summed E-state index contributed by atoms with van der Waals surface area (Å²) in [7, 11) is -0.759. The average Bonchev–Trinajstić information content (AvgIpc) is 2.25. The van der Waals surface area contributed by atoms with Crippen LogP contribution in [0.4, 0.5) is 0 Å². The van der Waals surface area contributed by atoms with Crippen LogP contribution in [-0.4, -0.2) is 27.2 Å².